The minimum absolute atomic E-state index is 0.773. The Balaban J connectivity index is 2.86. The average molecular weight is 173 g/mol. The number of nitrogens with one attached hydrogen (secondary N) is 1. The molecule has 0 unspecified atom stereocenters. The van der Waals surface area contributed by atoms with E-state index in [1.54, 1.807) is 0 Å². The molecule has 2 aromatic rings. The first-order valence-electron chi connectivity index (χ1n) is 4.26. The van der Waals surface area contributed by atoms with Gasteiger partial charge >= 0.3 is 0 Å². The van der Waals surface area contributed by atoms with Crippen LogP contribution in [0.3, 0.4) is 0 Å². The summed E-state index contributed by atoms with van der Waals surface area (Å²) >= 11 is 0. The summed E-state index contributed by atoms with van der Waals surface area (Å²) in [6, 6.07) is 6.05. The number of aryl methyl sites for hydroxylation is 2. The first-order valence-corrected chi connectivity index (χ1v) is 4.26. The van der Waals surface area contributed by atoms with Crippen LogP contribution < -0.4 is 0 Å². The zero-order valence-electron chi connectivity index (χ0n) is 7.72. The quantitative estimate of drug-likeness (QED) is 0.660. The molecule has 2 nitrogen and oxygen atoms in total. The summed E-state index contributed by atoms with van der Waals surface area (Å²) in [4.78, 5) is 14.0. The van der Waals surface area contributed by atoms with E-state index in [-0.39, 0.29) is 0 Å². The minimum Gasteiger partial charge on any atom is -0.358 e. The number of aldehydes is 1. The van der Waals surface area contributed by atoms with Crippen molar-refractivity contribution < 1.29 is 4.79 Å². The minimum atomic E-state index is 0.773. The summed E-state index contributed by atoms with van der Waals surface area (Å²) in [6.45, 7) is 3.95. The molecule has 1 aromatic heterocycles. The maximum absolute atomic E-state index is 10.8. The van der Waals surface area contributed by atoms with Crippen LogP contribution in [0.4, 0.5) is 0 Å². The lowest BCUT2D eigenvalue weighted by molar-refractivity contribution is 0.112. The fraction of sp³-hybridized carbons (Fsp3) is 0.182. The van der Waals surface area contributed by atoms with Crippen molar-refractivity contribution in [1.29, 1.82) is 0 Å². The molecule has 0 amide bonds. The number of carbonyl (C=O) groups excluding carboxylic acids is 1. The standard InChI is InChI=1S/C11H11NO/c1-7-3-4-9-10(6-13)8(2)12-11(9)5-7/h3-6,12H,1-2H3. The monoisotopic (exact) mass is 173 g/mol. The highest BCUT2D eigenvalue weighted by atomic mass is 16.1. The third-order valence-corrected chi connectivity index (χ3v) is 2.31. The van der Waals surface area contributed by atoms with Crippen molar-refractivity contribution in [3.05, 3.63) is 35.0 Å². The van der Waals surface area contributed by atoms with E-state index in [9.17, 15) is 4.79 Å². The summed E-state index contributed by atoms with van der Waals surface area (Å²) in [6.07, 6.45) is 0.906. The van der Waals surface area contributed by atoms with Gasteiger partial charge in [0.05, 0.1) is 0 Å². The van der Waals surface area contributed by atoms with Crippen molar-refractivity contribution in [2.24, 2.45) is 0 Å². The van der Waals surface area contributed by atoms with E-state index in [0.717, 1.165) is 28.4 Å². The number of benzene rings is 1. The van der Waals surface area contributed by atoms with Gasteiger partial charge in [-0.3, -0.25) is 4.79 Å². The molecule has 0 fully saturated rings. The first-order chi connectivity index (χ1) is 6.22. The van der Waals surface area contributed by atoms with E-state index in [1.807, 2.05) is 26.0 Å². The molecule has 13 heavy (non-hydrogen) atoms. The molecule has 0 bridgehead atoms. The van der Waals surface area contributed by atoms with E-state index >= 15 is 0 Å². The van der Waals surface area contributed by atoms with Crippen LogP contribution in [0.25, 0.3) is 10.9 Å². The Hall–Kier alpha value is -1.57. The molecule has 0 atom stereocenters. The van der Waals surface area contributed by atoms with Gasteiger partial charge < -0.3 is 4.98 Å². The van der Waals surface area contributed by atoms with Crippen molar-refractivity contribution >= 4 is 17.2 Å². The molecule has 66 valence electrons. The molecule has 1 N–H and O–H groups in total. The second kappa shape index (κ2) is 2.73. The number of carbonyl (C=O) groups is 1. The summed E-state index contributed by atoms with van der Waals surface area (Å²) in [7, 11) is 0. The number of aromatic amines is 1. The molecular weight excluding hydrogens is 162 g/mol. The lowest BCUT2D eigenvalue weighted by Crippen LogP contribution is -1.79. The van der Waals surface area contributed by atoms with Gasteiger partial charge in [0.2, 0.25) is 0 Å². The number of hydrogen-bond acceptors (Lipinski definition) is 1. The lowest BCUT2D eigenvalue weighted by Gasteiger charge is -1.92. The molecule has 1 aromatic carbocycles. The number of fused-ring (bicyclic) bond motifs is 1. The van der Waals surface area contributed by atoms with E-state index in [2.05, 4.69) is 11.1 Å². The van der Waals surface area contributed by atoms with Crippen LogP contribution in [0, 0.1) is 13.8 Å². The van der Waals surface area contributed by atoms with Gasteiger partial charge in [0.25, 0.3) is 0 Å². The van der Waals surface area contributed by atoms with Gasteiger partial charge in [0, 0.05) is 22.2 Å². The molecule has 0 aliphatic rings. The maximum atomic E-state index is 10.8. The van der Waals surface area contributed by atoms with Crippen LogP contribution in [-0.2, 0) is 0 Å². The molecule has 0 radical (unpaired) electrons. The highest BCUT2D eigenvalue weighted by Crippen LogP contribution is 2.21. The van der Waals surface area contributed by atoms with E-state index in [0.29, 0.717) is 0 Å². The molecule has 0 aliphatic heterocycles. The SMILES string of the molecule is Cc1ccc2c(C=O)c(C)[nH]c2c1. The summed E-state index contributed by atoms with van der Waals surface area (Å²) in [5.74, 6) is 0. The normalized spacial score (nSPS) is 10.6. The van der Waals surface area contributed by atoms with Crippen LogP contribution >= 0.6 is 0 Å². The average Bonchev–Trinajstić information content (AvgIpc) is 2.39. The van der Waals surface area contributed by atoms with Gasteiger partial charge in [-0.2, -0.15) is 0 Å². The zero-order chi connectivity index (χ0) is 9.42. The molecule has 0 aliphatic carbocycles. The molecule has 0 spiro atoms. The van der Waals surface area contributed by atoms with Crippen LogP contribution in [0.15, 0.2) is 18.2 Å². The fourth-order valence-corrected chi connectivity index (χ4v) is 1.62. The van der Waals surface area contributed by atoms with E-state index in [1.165, 1.54) is 5.56 Å². The predicted octanol–water partition coefficient (Wildman–Crippen LogP) is 2.60. The summed E-state index contributed by atoms with van der Waals surface area (Å²) in [5.41, 5.74) is 3.95. The van der Waals surface area contributed by atoms with Gasteiger partial charge in [-0.1, -0.05) is 12.1 Å². The third-order valence-electron chi connectivity index (χ3n) is 2.31. The molecule has 0 saturated carbocycles. The van der Waals surface area contributed by atoms with Crippen LogP contribution in [0.5, 0.6) is 0 Å². The lowest BCUT2D eigenvalue weighted by atomic mass is 10.1. The number of aromatic nitrogens is 1. The Morgan fingerprint density at radius 3 is 2.77 bits per heavy atom. The molecular formula is C11H11NO. The Morgan fingerprint density at radius 2 is 2.08 bits per heavy atom. The maximum Gasteiger partial charge on any atom is 0.152 e. The van der Waals surface area contributed by atoms with Gasteiger partial charge in [-0.05, 0) is 25.5 Å². The zero-order valence-corrected chi connectivity index (χ0v) is 7.72. The number of H-pyrrole nitrogens is 1. The predicted molar refractivity (Wildman–Crippen MR) is 53.2 cm³/mol. The smallest absolute Gasteiger partial charge is 0.152 e. The third kappa shape index (κ3) is 1.15. The molecule has 0 saturated heterocycles. The van der Waals surface area contributed by atoms with Gasteiger partial charge in [0.15, 0.2) is 6.29 Å². The molecule has 2 rings (SSSR count). The van der Waals surface area contributed by atoms with Crippen LogP contribution in [0.1, 0.15) is 21.6 Å². The van der Waals surface area contributed by atoms with Crippen LogP contribution in [0.2, 0.25) is 0 Å². The second-order valence-corrected chi connectivity index (χ2v) is 3.33. The Morgan fingerprint density at radius 1 is 1.31 bits per heavy atom. The van der Waals surface area contributed by atoms with Crippen molar-refractivity contribution in [1.82, 2.24) is 4.98 Å². The Labute approximate surface area is 76.6 Å². The first kappa shape index (κ1) is 8.05. The number of hydrogen-bond donors (Lipinski definition) is 1. The summed E-state index contributed by atoms with van der Waals surface area (Å²) in [5, 5.41) is 1.01. The van der Waals surface area contributed by atoms with Crippen molar-refractivity contribution in [2.75, 3.05) is 0 Å². The van der Waals surface area contributed by atoms with Crippen molar-refractivity contribution in [3.63, 3.8) is 0 Å². The van der Waals surface area contributed by atoms with E-state index < -0.39 is 0 Å². The van der Waals surface area contributed by atoms with Crippen molar-refractivity contribution in [2.45, 2.75) is 13.8 Å². The summed E-state index contributed by atoms with van der Waals surface area (Å²) < 4.78 is 0. The Bertz CT molecular complexity index is 468. The van der Waals surface area contributed by atoms with Gasteiger partial charge in [-0.15, -0.1) is 0 Å². The van der Waals surface area contributed by atoms with Crippen molar-refractivity contribution in [3.8, 4) is 0 Å². The topological polar surface area (TPSA) is 32.9 Å². The van der Waals surface area contributed by atoms with E-state index in [4.69, 9.17) is 0 Å². The molecule has 2 heteroatoms. The van der Waals surface area contributed by atoms with Gasteiger partial charge in [-0.25, -0.2) is 0 Å². The second-order valence-electron chi connectivity index (χ2n) is 3.33. The Kier molecular flexibility index (Phi) is 1.69. The largest absolute Gasteiger partial charge is 0.358 e. The van der Waals surface area contributed by atoms with Crippen LogP contribution in [-0.4, -0.2) is 11.3 Å². The highest BCUT2D eigenvalue weighted by Gasteiger charge is 2.06. The van der Waals surface area contributed by atoms with Gasteiger partial charge in [0.1, 0.15) is 0 Å². The highest BCUT2D eigenvalue weighted by molar-refractivity contribution is 5.98. The fourth-order valence-electron chi connectivity index (χ4n) is 1.62. The molecule has 1 heterocycles. The number of rotatable bonds is 1.